The summed E-state index contributed by atoms with van der Waals surface area (Å²) in [6.45, 7) is 5.85. The molecule has 1 aromatic carbocycles. The van der Waals surface area contributed by atoms with E-state index in [1.807, 2.05) is 6.92 Å². The van der Waals surface area contributed by atoms with Crippen molar-refractivity contribution < 1.29 is 19.1 Å². The van der Waals surface area contributed by atoms with Gasteiger partial charge in [0.05, 0.1) is 29.0 Å². The van der Waals surface area contributed by atoms with Gasteiger partial charge < -0.3 is 19.9 Å². The van der Waals surface area contributed by atoms with Crippen molar-refractivity contribution in [2.45, 2.75) is 58.3 Å². The maximum atomic E-state index is 13.3. The summed E-state index contributed by atoms with van der Waals surface area (Å²) in [6.07, 6.45) is -0.437. The number of rotatable bonds is 7. The number of hydrogen-bond donors (Lipinski definition) is 1. The highest BCUT2D eigenvalue weighted by Crippen LogP contribution is 2.38. The third-order valence-electron chi connectivity index (χ3n) is 5.55. The molecule has 2 atom stereocenters. The standard InChI is InChI=1S/C22H26N6O6/c1-12-18(34-22(2,3)33-12)16-15(11-32-4)24-19-17(25-16)20(29)27(21(23)26-19)10-9-13-5-7-14(8-6-13)28(30)31/h5-8,12,18H,9-11H2,1-4H3,(H2,23,24,26). The molecular weight excluding hydrogens is 444 g/mol. The first kappa shape index (κ1) is 23.7. The Balaban J connectivity index is 1.71. The molecule has 4 rings (SSSR count). The molecule has 3 aromatic rings. The Hall–Kier alpha value is -3.48. The number of hydrogen-bond acceptors (Lipinski definition) is 10. The Labute approximate surface area is 194 Å². The molecule has 1 saturated heterocycles. The lowest BCUT2D eigenvalue weighted by Crippen LogP contribution is -2.28. The fraction of sp³-hybridized carbons (Fsp3) is 0.455. The van der Waals surface area contributed by atoms with Gasteiger partial charge in [0, 0.05) is 25.8 Å². The number of aromatic nitrogens is 4. The summed E-state index contributed by atoms with van der Waals surface area (Å²) in [5, 5.41) is 10.8. The number of nitrogens with zero attached hydrogens (tertiary/aromatic N) is 5. The van der Waals surface area contributed by atoms with Crippen molar-refractivity contribution in [2.75, 3.05) is 12.8 Å². The number of nitrogens with two attached hydrogens (primary N) is 1. The van der Waals surface area contributed by atoms with Crippen LogP contribution in [0.2, 0.25) is 0 Å². The van der Waals surface area contributed by atoms with E-state index in [0.717, 1.165) is 5.56 Å². The average Bonchev–Trinajstić information content (AvgIpc) is 3.05. The van der Waals surface area contributed by atoms with Crippen molar-refractivity contribution in [3.05, 3.63) is 61.7 Å². The van der Waals surface area contributed by atoms with Crippen LogP contribution in [-0.2, 0) is 33.8 Å². The number of benzene rings is 1. The fourth-order valence-corrected chi connectivity index (χ4v) is 4.02. The van der Waals surface area contributed by atoms with E-state index in [0.29, 0.717) is 17.8 Å². The molecular formula is C22H26N6O6. The normalized spacial score (nSPS) is 19.5. The summed E-state index contributed by atoms with van der Waals surface area (Å²) in [5.41, 5.74) is 7.58. The van der Waals surface area contributed by atoms with Crippen molar-refractivity contribution in [3.8, 4) is 0 Å². The Kier molecular flexibility index (Phi) is 6.30. The number of methoxy groups -OCH3 is 1. The SMILES string of the molecule is COCc1nc2nc(N)n(CCc3ccc([N+](=O)[O-])cc3)c(=O)c2nc1C1OC(C)(C)OC1C. The number of nitro groups is 1. The lowest BCUT2D eigenvalue weighted by atomic mass is 10.1. The second-order valence-corrected chi connectivity index (χ2v) is 8.52. The molecule has 0 bridgehead atoms. The maximum absolute atomic E-state index is 13.3. The molecule has 34 heavy (non-hydrogen) atoms. The van der Waals surface area contributed by atoms with E-state index >= 15 is 0 Å². The first-order chi connectivity index (χ1) is 16.1. The van der Waals surface area contributed by atoms with E-state index in [1.54, 1.807) is 26.0 Å². The number of aryl methyl sites for hydroxylation is 1. The second-order valence-electron chi connectivity index (χ2n) is 8.52. The molecule has 0 spiro atoms. The predicted molar refractivity (Wildman–Crippen MR) is 122 cm³/mol. The van der Waals surface area contributed by atoms with Crippen molar-refractivity contribution in [1.82, 2.24) is 19.5 Å². The third kappa shape index (κ3) is 4.60. The van der Waals surface area contributed by atoms with Crippen LogP contribution in [0.3, 0.4) is 0 Å². The van der Waals surface area contributed by atoms with E-state index in [9.17, 15) is 14.9 Å². The van der Waals surface area contributed by atoms with Crippen LogP contribution in [0.5, 0.6) is 0 Å². The van der Waals surface area contributed by atoms with Crippen molar-refractivity contribution in [1.29, 1.82) is 0 Å². The zero-order chi connectivity index (χ0) is 24.6. The number of anilines is 1. The fourth-order valence-electron chi connectivity index (χ4n) is 4.02. The first-order valence-electron chi connectivity index (χ1n) is 10.7. The Morgan fingerprint density at radius 2 is 1.91 bits per heavy atom. The number of nitro benzene ring substituents is 1. The van der Waals surface area contributed by atoms with Crippen LogP contribution in [0.4, 0.5) is 11.6 Å². The van der Waals surface area contributed by atoms with Crippen LogP contribution in [0, 0.1) is 10.1 Å². The highest BCUT2D eigenvalue weighted by molar-refractivity contribution is 5.70. The maximum Gasteiger partial charge on any atom is 0.283 e. The average molecular weight is 470 g/mol. The van der Waals surface area contributed by atoms with Crippen molar-refractivity contribution in [2.24, 2.45) is 0 Å². The van der Waals surface area contributed by atoms with Gasteiger partial charge in [-0.05, 0) is 32.8 Å². The largest absolute Gasteiger partial charge is 0.378 e. The second kappa shape index (κ2) is 9.05. The van der Waals surface area contributed by atoms with Gasteiger partial charge in [-0.3, -0.25) is 19.5 Å². The minimum absolute atomic E-state index is 0.000204. The van der Waals surface area contributed by atoms with Crippen LogP contribution < -0.4 is 11.3 Å². The molecule has 0 saturated carbocycles. The summed E-state index contributed by atoms with van der Waals surface area (Å²) in [6, 6.07) is 6.12. The van der Waals surface area contributed by atoms with E-state index in [2.05, 4.69) is 15.0 Å². The minimum Gasteiger partial charge on any atom is -0.378 e. The third-order valence-corrected chi connectivity index (χ3v) is 5.55. The quantitative estimate of drug-likeness (QED) is 0.401. The highest BCUT2D eigenvalue weighted by Gasteiger charge is 2.42. The van der Waals surface area contributed by atoms with Gasteiger partial charge in [-0.15, -0.1) is 0 Å². The summed E-state index contributed by atoms with van der Waals surface area (Å²) >= 11 is 0. The van der Waals surface area contributed by atoms with Crippen LogP contribution in [-0.4, -0.2) is 43.4 Å². The number of nitrogen functional groups attached to an aromatic ring is 1. The summed E-state index contributed by atoms with van der Waals surface area (Å²) in [4.78, 5) is 37.1. The van der Waals surface area contributed by atoms with Gasteiger partial charge in [0.15, 0.2) is 17.0 Å². The Morgan fingerprint density at radius 1 is 1.21 bits per heavy atom. The van der Waals surface area contributed by atoms with Gasteiger partial charge in [-0.2, -0.15) is 4.98 Å². The highest BCUT2D eigenvalue weighted by atomic mass is 16.7. The molecule has 3 heterocycles. The van der Waals surface area contributed by atoms with Crippen LogP contribution in [0.1, 0.15) is 43.8 Å². The zero-order valence-electron chi connectivity index (χ0n) is 19.3. The first-order valence-corrected chi connectivity index (χ1v) is 10.7. The number of non-ortho nitro benzene ring substituents is 1. The predicted octanol–water partition coefficient (Wildman–Crippen LogP) is 2.28. The number of fused-ring (bicyclic) bond motifs is 1. The molecule has 0 amide bonds. The van der Waals surface area contributed by atoms with Gasteiger partial charge >= 0.3 is 0 Å². The minimum atomic E-state index is -0.810. The Morgan fingerprint density at radius 3 is 2.50 bits per heavy atom. The van der Waals surface area contributed by atoms with Gasteiger partial charge in [0.25, 0.3) is 11.2 Å². The summed E-state index contributed by atoms with van der Waals surface area (Å²) in [7, 11) is 1.53. The van der Waals surface area contributed by atoms with E-state index in [1.165, 1.54) is 23.8 Å². The molecule has 0 radical (unpaired) electrons. The van der Waals surface area contributed by atoms with E-state index < -0.39 is 22.4 Å². The molecule has 12 heteroatoms. The Bertz CT molecular complexity index is 1290. The lowest BCUT2D eigenvalue weighted by molar-refractivity contribution is -0.384. The number of ether oxygens (including phenoxy) is 3. The van der Waals surface area contributed by atoms with Gasteiger partial charge in [-0.25, -0.2) is 9.97 Å². The van der Waals surface area contributed by atoms with Crippen LogP contribution >= 0.6 is 0 Å². The molecule has 1 fully saturated rings. The lowest BCUT2D eigenvalue weighted by Gasteiger charge is -2.18. The molecule has 1 aliphatic rings. The molecule has 12 nitrogen and oxygen atoms in total. The smallest absolute Gasteiger partial charge is 0.283 e. The molecule has 1 aliphatic heterocycles. The topological polar surface area (TPSA) is 158 Å². The molecule has 180 valence electrons. The van der Waals surface area contributed by atoms with Crippen molar-refractivity contribution in [3.63, 3.8) is 0 Å². The molecule has 2 aromatic heterocycles. The molecule has 0 aliphatic carbocycles. The van der Waals surface area contributed by atoms with Crippen LogP contribution in [0.25, 0.3) is 11.2 Å². The molecule has 2 N–H and O–H groups in total. The summed E-state index contributed by atoms with van der Waals surface area (Å²) in [5.74, 6) is -0.810. The molecule has 2 unspecified atom stereocenters. The van der Waals surface area contributed by atoms with Gasteiger partial charge in [-0.1, -0.05) is 12.1 Å². The van der Waals surface area contributed by atoms with Crippen molar-refractivity contribution >= 4 is 22.8 Å². The van der Waals surface area contributed by atoms with Crippen LogP contribution in [0.15, 0.2) is 29.1 Å². The zero-order valence-corrected chi connectivity index (χ0v) is 19.3. The van der Waals surface area contributed by atoms with Gasteiger partial charge in [0.1, 0.15) is 6.10 Å². The summed E-state index contributed by atoms with van der Waals surface area (Å²) < 4.78 is 18.5. The van der Waals surface area contributed by atoms with E-state index in [4.69, 9.17) is 19.9 Å². The van der Waals surface area contributed by atoms with E-state index in [-0.39, 0.29) is 42.1 Å². The monoisotopic (exact) mass is 470 g/mol. The van der Waals surface area contributed by atoms with Gasteiger partial charge in [0.2, 0.25) is 5.95 Å².